The van der Waals surface area contributed by atoms with Gasteiger partial charge in [-0.2, -0.15) is 10.5 Å². The van der Waals surface area contributed by atoms with E-state index < -0.39 is 5.03 Å². The maximum absolute atomic E-state index is 9.71. The monoisotopic (exact) mass is 1760 g/mol. The molecule has 5 aliphatic rings. The minimum atomic E-state index is -0.866. The van der Waals surface area contributed by atoms with Gasteiger partial charge in [0, 0.05) is 206 Å². The number of aliphatic imine (C=N–C) groups is 9. The highest BCUT2D eigenvalue weighted by Crippen LogP contribution is 2.28. The third kappa shape index (κ3) is 80.6. The van der Waals surface area contributed by atoms with Crippen molar-refractivity contribution in [3.63, 3.8) is 0 Å². The lowest BCUT2D eigenvalue weighted by atomic mass is 10.2. The van der Waals surface area contributed by atoms with Crippen LogP contribution in [0.1, 0.15) is 31.2 Å². The molecule has 0 spiro atoms. The summed E-state index contributed by atoms with van der Waals surface area (Å²) in [5, 5.41) is 53.2. The first-order chi connectivity index (χ1) is 58.7. The first kappa shape index (κ1) is 123. The number of rotatable bonds is 35. The average Bonchev–Trinajstić information content (AvgIpc) is 1.52. The van der Waals surface area contributed by atoms with Gasteiger partial charge in [-0.1, -0.05) is 30.3 Å². The number of hydrogen-bond donors (Lipinski definition) is 15. The van der Waals surface area contributed by atoms with Gasteiger partial charge in [-0.25, -0.2) is 10.1 Å². The van der Waals surface area contributed by atoms with Gasteiger partial charge in [-0.05, 0) is 12.8 Å². The molecule has 0 atom stereocenters. The third-order valence-electron chi connectivity index (χ3n) is 15.3. The van der Waals surface area contributed by atoms with Crippen LogP contribution in [-0.4, -0.2) is 442 Å². The number of hydrogen-bond acceptors (Lipinski definition) is 30. The van der Waals surface area contributed by atoms with Crippen LogP contribution in [0.4, 0.5) is 0 Å². The normalized spacial score (nSPS) is 13.9. The molecule has 0 unspecified atom stereocenters. The fraction of sp³-hybridized carbons (Fsp3) is 0.730. The molecular weight excluding hydrogens is 1600 g/mol. The van der Waals surface area contributed by atoms with E-state index in [1.165, 1.54) is 25.8 Å². The average molecular weight is 1760 g/mol. The van der Waals surface area contributed by atoms with Crippen molar-refractivity contribution in [1.29, 1.82) is 21.3 Å². The van der Waals surface area contributed by atoms with E-state index in [1.807, 2.05) is 96.5 Å². The number of ether oxygens (including phenoxy) is 12. The zero-order chi connectivity index (χ0) is 94.4. The fourth-order valence-electron chi connectivity index (χ4n) is 7.76. The van der Waals surface area contributed by atoms with Gasteiger partial charge >= 0.3 is 0 Å². The Hall–Kier alpha value is -10.8. The quantitative estimate of drug-likeness (QED) is 0.00588. The zero-order valence-electron chi connectivity index (χ0n) is 77.2. The summed E-state index contributed by atoms with van der Waals surface area (Å²) in [6, 6.07) is 10.4. The second-order valence-electron chi connectivity index (χ2n) is 25.8. The standard InChI is InChI=1S/C10H14N2O.C8H14N4O.C7H15N3O.2C7H14N2O.C6H15N3O.C6H14N2O.C5H10N4O.C5H11N3O.C5H13N3O.C4H10N4O3.C4H11N3O/c1-13-8-7-12-10(11)9-5-3-2-4-6-9;1-11(2)8(10-6-9)12(3)7-4-13-5-7;1-10-5-3-8-7(10)9-4-6-11-2;1-9-5-4-8-7(9)3-6-10-2;1-10-5-4-9-7(8)6-2-3-6;1-9(2)6(7)8-4-5-10-3;1-8(2)6(7)4-5-9-3;1-10-3-2-8-5(7)9-4-6;1-8(5(6)7)4-2-9-3-4;1-7-5(6)8-3-4-9-2;1-11-3-2-6-4(5)7-8(9)10;1-8-3-2-7-4(5)6/h2-6H,7-8H2,1H3,(H2,11,12);7H,4-5H2,1-3H3;3-6H2,1-2H3,(H,8,9);3-6H2,1-2H3;6H,2-5H2,1H3,(H2,8,9);4-5H2,1-3H3,(H2,7,8);7H,4-5H2,1-3H3;2-3H2,1H3,(H3,7,8,9);4H,2-3H2,1H3,(H3,6,7);3-4H2,1-2H3,(H3,6,7,8);2-3H2,1H3,(H3,5,6,7);2-3H2,1H3,(H4,5,6,7). The van der Waals surface area contributed by atoms with Gasteiger partial charge in [0.05, 0.1) is 162 Å². The number of guanidine groups is 8. The molecule has 1 aromatic rings. The van der Waals surface area contributed by atoms with E-state index in [9.17, 15) is 10.1 Å². The minimum absolute atomic E-state index is 0.113. The summed E-state index contributed by atoms with van der Waals surface area (Å²) in [6.45, 7) is 17.9. The highest BCUT2D eigenvalue weighted by atomic mass is 16.7. The summed E-state index contributed by atoms with van der Waals surface area (Å²) in [5.41, 5.74) is 48.5. The van der Waals surface area contributed by atoms with E-state index in [4.69, 9.17) is 120 Å². The smallest absolute Gasteiger partial charge is 0.266 e. The fourth-order valence-corrected chi connectivity index (χ4v) is 7.76. The third-order valence-corrected chi connectivity index (χ3v) is 15.3. The van der Waals surface area contributed by atoms with Crippen LogP contribution in [0.2, 0.25) is 0 Å². The number of methoxy groups -OCH3 is 10. The Kier molecular flexibility index (Phi) is 87.5. The maximum atomic E-state index is 9.71. The molecule has 49 nitrogen and oxygen atoms in total. The van der Waals surface area contributed by atoms with Gasteiger partial charge in [-0.3, -0.25) is 56.1 Å². The predicted molar refractivity (Wildman–Crippen MR) is 490 cm³/mol. The first-order valence-electron chi connectivity index (χ1n) is 39.0. The molecule has 1 aromatic carbocycles. The molecule has 0 amide bonds. The van der Waals surface area contributed by atoms with Crippen molar-refractivity contribution >= 4 is 71.0 Å². The lowest BCUT2D eigenvalue weighted by Gasteiger charge is -2.37. The molecule has 0 bridgehead atoms. The number of nitriles is 2. The molecule has 123 heavy (non-hydrogen) atoms. The highest BCUT2D eigenvalue weighted by molar-refractivity contribution is 5.97. The Bertz CT molecular complexity index is 3140. The first-order valence-corrected chi connectivity index (χ1v) is 39.0. The van der Waals surface area contributed by atoms with Crippen molar-refractivity contribution in [2.45, 2.75) is 37.8 Å². The van der Waals surface area contributed by atoms with Crippen molar-refractivity contribution in [3.05, 3.63) is 46.0 Å². The van der Waals surface area contributed by atoms with Crippen LogP contribution < -0.4 is 72.9 Å². The summed E-state index contributed by atoms with van der Waals surface area (Å²) in [7, 11) is 37.0. The number of benzene rings is 1. The van der Waals surface area contributed by atoms with Crippen LogP contribution in [0.15, 0.2) is 80.4 Å². The Morgan fingerprint density at radius 2 is 1.02 bits per heavy atom. The van der Waals surface area contributed by atoms with E-state index in [-0.39, 0.29) is 23.8 Å². The molecule has 2 saturated heterocycles. The Morgan fingerprint density at radius 1 is 0.569 bits per heavy atom. The molecule has 6 rings (SSSR count). The highest BCUT2D eigenvalue weighted by Gasteiger charge is 2.27. The number of nitrogens with two attached hydrogens (primary N) is 9. The molecule has 3 fully saturated rings. The molecule has 24 N–H and O–H groups in total. The van der Waals surface area contributed by atoms with Crippen molar-refractivity contribution in [1.82, 2.24) is 55.6 Å². The van der Waals surface area contributed by atoms with Crippen LogP contribution in [0, 0.1) is 49.8 Å². The molecular formula is C74H155N35O14. The van der Waals surface area contributed by atoms with Crippen LogP contribution in [0.25, 0.3) is 0 Å². The maximum Gasteiger partial charge on any atom is 0.266 e. The molecule has 49 heteroatoms. The van der Waals surface area contributed by atoms with Crippen molar-refractivity contribution in [2.75, 3.05) is 320 Å². The van der Waals surface area contributed by atoms with Crippen LogP contribution in [-0.2, 0) is 56.8 Å². The second kappa shape index (κ2) is 87.5. The minimum Gasteiger partial charge on any atom is -0.387 e. The van der Waals surface area contributed by atoms with Gasteiger partial charge in [0.1, 0.15) is 16.8 Å². The lowest BCUT2D eigenvalue weighted by Crippen LogP contribution is -2.53. The van der Waals surface area contributed by atoms with E-state index in [0.717, 1.165) is 82.9 Å². The number of nitro groups is 1. The van der Waals surface area contributed by atoms with E-state index >= 15 is 0 Å². The van der Waals surface area contributed by atoms with Gasteiger partial charge in [0.25, 0.3) is 5.96 Å². The molecule has 4 heterocycles. The SMILES string of the molecule is CN(C(=N)N)C1COC1.CN(C)C(=NC#N)N(C)C1COC1.CN=C(N)NCCOC.COCCC(=N)N(C)C.COCCC1=NCCN1C.COCCN/C(N)=N/[N+](=O)[O-].COCCN=C(N)C1CC1.COCCN=C(N)N.COCCN=C(N)N(C)C.COCCN=C(N)NC#N.COCCN=C(N)c1ccccc1.COCCNC1=NCCN1C. The zero-order valence-corrected chi connectivity index (χ0v) is 77.2. The summed E-state index contributed by atoms with van der Waals surface area (Å²) < 4.78 is 57.9. The summed E-state index contributed by atoms with van der Waals surface area (Å²) >= 11 is 0. The summed E-state index contributed by atoms with van der Waals surface area (Å²) in [4.78, 5) is 58.8. The second-order valence-corrected chi connectivity index (χ2v) is 25.8. The molecule has 1 aliphatic carbocycles. The number of nitrogens with one attached hydrogen (secondary N) is 6. The van der Waals surface area contributed by atoms with E-state index in [0.29, 0.717) is 166 Å². The number of amidine groups is 4. The Balaban J connectivity index is -0.000000304. The largest absolute Gasteiger partial charge is 0.387 e. The summed E-state index contributed by atoms with van der Waals surface area (Å²) in [5.74, 6) is 6.56. The molecule has 1 saturated carbocycles. The Morgan fingerprint density at radius 3 is 1.41 bits per heavy atom. The van der Waals surface area contributed by atoms with Crippen LogP contribution >= 0.6 is 0 Å². The molecule has 4 aliphatic heterocycles. The van der Waals surface area contributed by atoms with E-state index in [1.54, 1.807) is 105 Å². The number of likely N-dealkylation sites (N-methyl/N-ethyl adjacent to an activating group) is 4. The lowest BCUT2D eigenvalue weighted by molar-refractivity contribution is -0.485. The molecule has 0 aromatic heterocycles. The van der Waals surface area contributed by atoms with Gasteiger partial charge in [-0.15, -0.1) is 4.99 Å². The molecule has 710 valence electrons. The Labute approximate surface area is 730 Å². The topological polar surface area (TPSA) is 678 Å². The van der Waals surface area contributed by atoms with Gasteiger partial charge in [0.2, 0.25) is 18.1 Å². The van der Waals surface area contributed by atoms with Crippen molar-refractivity contribution in [2.24, 2.45) is 108 Å². The van der Waals surface area contributed by atoms with Gasteiger partial charge < -0.3 is 159 Å². The molecule has 0 radical (unpaired) electrons. The van der Waals surface area contributed by atoms with Crippen molar-refractivity contribution in [3.8, 4) is 12.4 Å². The van der Waals surface area contributed by atoms with Gasteiger partial charge in [0.15, 0.2) is 41.0 Å². The van der Waals surface area contributed by atoms with E-state index in [2.05, 4.69) is 97.6 Å². The van der Waals surface area contributed by atoms with Crippen LogP contribution in [0.3, 0.4) is 0 Å². The van der Waals surface area contributed by atoms with Crippen molar-refractivity contribution < 1.29 is 61.9 Å². The number of nitrogens with zero attached hydrogens (tertiary/aromatic N) is 20. The van der Waals surface area contributed by atoms with Crippen LogP contribution in [0.5, 0.6) is 0 Å². The summed E-state index contributed by atoms with van der Waals surface area (Å²) in [6.07, 6.45) is 7.54. The predicted octanol–water partition coefficient (Wildman–Crippen LogP) is -3.85. The number of hydrazone groups is 1.